The Labute approximate surface area is 106 Å². The molecule has 1 nitrogen and oxygen atoms in total. The standard InChI is InChI=1S/C7H3F13O/c1-21-4(11,3(9,10)7(18,19)20)2(8,5(12,13)14)6(15,16)17/h1H3. The minimum atomic E-state index is -7.64. The molecule has 0 rings (SSSR count). The van der Waals surface area contributed by atoms with Gasteiger partial charge in [0.1, 0.15) is 0 Å². The molecule has 0 saturated heterocycles. The lowest BCUT2D eigenvalue weighted by Crippen LogP contribution is -2.75. The van der Waals surface area contributed by atoms with Crippen molar-refractivity contribution in [2.75, 3.05) is 7.11 Å². The highest BCUT2D eigenvalue weighted by molar-refractivity contribution is 5.13. The van der Waals surface area contributed by atoms with Crippen LogP contribution in [0.15, 0.2) is 0 Å². The minimum Gasteiger partial charge on any atom is -0.341 e. The summed E-state index contributed by atoms with van der Waals surface area (Å²) in [5, 5.41) is 0. The van der Waals surface area contributed by atoms with Crippen molar-refractivity contribution in [1.82, 2.24) is 0 Å². The summed E-state index contributed by atoms with van der Waals surface area (Å²) in [6.45, 7) is 0. The molecule has 0 aliphatic heterocycles. The first-order chi connectivity index (χ1) is 8.81. The van der Waals surface area contributed by atoms with Gasteiger partial charge in [0.2, 0.25) is 0 Å². The molecule has 0 radical (unpaired) electrons. The molecule has 21 heavy (non-hydrogen) atoms. The summed E-state index contributed by atoms with van der Waals surface area (Å²) in [7, 11) is -0.703. The van der Waals surface area contributed by atoms with Crippen LogP contribution in [0.1, 0.15) is 0 Å². The summed E-state index contributed by atoms with van der Waals surface area (Å²) in [5.74, 6) is -14.6. The van der Waals surface area contributed by atoms with Crippen molar-refractivity contribution in [1.29, 1.82) is 0 Å². The third kappa shape index (κ3) is 2.50. The zero-order chi connectivity index (χ0) is 17.7. The fourth-order valence-electron chi connectivity index (χ4n) is 1.19. The van der Waals surface area contributed by atoms with Crippen molar-refractivity contribution >= 4 is 0 Å². The largest absolute Gasteiger partial charge is 0.459 e. The molecule has 128 valence electrons. The number of rotatable bonds is 3. The van der Waals surface area contributed by atoms with E-state index in [2.05, 4.69) is 4.74 Å². The number of methoxy groups -OCH3 is 1. The van der Waals surface area contributed by atoms with Gasteiger partial charge in [-0.3, -0.25) is 0 Å². The van der Waals surface area contributed by atoms with E-state index in [0.717, 1.165) is 0 Å². The smallest absolute Gasteiger partial charge is 0.341 e. The van der Waals surface area contributed by atoms with E-state index in [-0.39, 0.29) is 0 Å². The van der Waals surface area contributed by atoms with E-state index in [4.69, 9.17) is 0 Å². The maximum absolute atomic E-state index is 13.3. The lowest BCUT2D eigenvalue weighted by atomic mass is 9.88. The Kier molecular flexibility index (Phi) is 4.56. The van der Waals surface area contributed by atoms with E-state index in [0.29, 0.717) is 0 Å². The Morgan fingerprint density at radius 3 is 0.952 bits per heavy atom. The highest BCUT2D eigenvalue weighted by atomic mass is 19.4. The summed E-state index contributed by atoms with van der Waals surface area (Å²) in [4.78, 5) is 0. The van der Waals surface area contributed by atoms with Crippen LogP contribution in [0.25, 0.3) is 0 Å². The Hall–Kier alpha value is -0.950. The first-order valence-electron chi connectivity index (χ1n) is 4.32. The molecule has 0 aliphatic carbocycles. The van der Waals surface area contributed by atoms with Crippen LogP contribution in [0.4, 0.5) is 57.1 Å². The van der Waals surface area contributed by atoms with Gasteiger partial charge in [-0.25, -0.2) is 8.78 Å². The second-order valence-corrected chi connectivity index (χ2v) is 3.53. The lowest BCUT2D eigenvalue weighted by molar-refractivity contribution is -0.476. The molecule has 0 fully saturated rings. The predicted molar refractivity (Wildman–Crippen MR) is 37.8 cm³/mol. The molecule has 0 aliphatic rings. The molecular weight excluding hydrogens is 347 g/mol. The van der Waals surface area contributed by atoms with Gasteiger partial charge in [0.25, 0.3) is 0 Å². The molecule has 0 amide bonds. The van der Waals surface area contributed by atoms with Gasteiger partial charge < -0.3 is 4.74 Å². The molecule has 0 saturated carbocycles. The van der Waals surface area contributed by atoms with Gasteiger partial charge in [-0.1, -0.05) is 0 Å². The molecule has 0 aromatic rings. The predicted octanol–water partition coefficient (Wildman–Crippen LogP) is 4.33. The van der Waals surface area contributed by atoms with Gasteiger partial charge in [-0.2, -0.15) is 48.3 Å². The number of ether oxygens (including phenoxy) is 1. The Balaban J connectivity index is 6.60. The quantitative estimate of drug-likeness (QED) is 0.689. The molecular formula is C7H3F13O. The fourth-order valence-corrected chi connectivity index (χ4v) is 1.19. The number of halogens is 13. The molecule has 0 aromatic heterocycles. The van der Waals surface area contributed by atoms with Crippen LogP contribution < -0.4 is 0 Å². The molecule has 0 heterocycles. The van der Waals surface area contributed by atoms with Crippen LogP contribution in [-0.2, 0) is 4.74 Å². The van der Waals surface area contributed by atoms with E-state index < -0.39 is 43.1 Å². The van der Waals surface area contributed by atoms with Gasteiger partial charge in [0.05, 0.1) is 0 Å². The van der Waals surface area contributed by atoms with Crippen LogP contribution in [0.3, 0.4) is 0 Å². The average molecular weight is 350 g/mol. The number of alkyl halides is 13. The Morgan fingerprint density at radius 1 is 0.524 bits per heavy atom. The summed E-state index contributed by atoms with van der Waals surface area (Å²) in [6, 6.07) is 0. The normalized spacial score (nSPS) is 18.6. The Morgan fingerprint density at radius 2 is 0.810 bits per heavy atom. The molecule has 14 heteroatoms. The van der Waals surface area contributed by atoms with Gasteiger partial charge in [0.15, 0.2) is 0 Å². The molecule has 1 atom stereocenters. The van der Waals surface area contributed by atoms with Crippen molar-refractivity contribution in [2.45, 2.75) is 36.0 Å². The maximum atomic E-state index is 13.3. The monoisotopic (exact) mass is 350 g/mol. The summed E-state index contributed by atoms with van der Waals surface area (Å²) < 4.78 is 162. The molecule has 0 N–H and O–H groups in total. The third-order valence-corrected chi connectivity index (χ3v) is 2.27. The van der Waals surface area contributed by atoms with Crippen molar-refractivity contribution in [3.63, 3.8) is 0 Å². The van der Waals surface area contributed by atoms with Crippen LogP contribution in [0.2, 0.25) is 0 Å². The van der Waals surface area contributed by atoms with E-state index in [1.54, 1.807) is 0 Å². The Bertz CT molecular complexity index is 361. The fraction of sp³-hybridized carbons (Fsp3) is 1.00. The minimum absolute atomic E-state index is 0.703. The van der Waals surface area contributed by atoms with Crippen LogP contribution in [-0.4, -0.2) is 43.1 Å². The van der Waals surface area contributed by atoms with Crippen LogP contribution in [0.5, 0.6) is 0 Å². The summed E-state index contributed by atoms with van der Waals surface area (Å²) in [6.07, 6.45) is -22.3. The second kappa shape index (κ2) is 4.78. The second-order valence-electron chi connectivity index (χ2n) is 3.53. The lowest BCUT2D eigenvalue weighted by Gasteiger charge is -2.43. The van der Waals surface area contributed by atoms with Gasteiger partial charge in [-0.05, 0) is 0 Å². The SMILES string of the molecule is COC(F)(C(F)(F)C(F)(F)F)C(F)(C(F)(F)F)C(F)(F)F. The average Bonchev–Trinajstić information content (AvgIpc) is 2.21. The molecule has 0 spiro atoms. The number of hydrogen-bond donors (Lipinski definition) is 0. The molecule has 0 bridgehead atoms. The van der Waals surface area contributed by atoms with Crippen molar-refractivity contribution < 1.29 is 61.8 Å². The first kappa shape index (κ1) is 20.1. The van der Waals surface area contributed by atoms with Crippen molar-refractivity contribution in [3.8, 4) is 0 Å². The van der Waals surface area contributed by atoms with Gasteiger partial charge in [0, 0.05) is 7.11 Å². The summed E-state index contributed by atoms with van der Waals surface area (Å²) in [5.41, 5.74) is -7.64. The highest BCUT2D eigenvalue weighted by Crippen LogP contribution is 2.61. The van der Waals surface area contributed by atoms with E-state index in [1.165, 1.54) is 0 Å². The maximum Gasteiger partial charge on any atom is 0.459 e. The zero-order valence-electron chi connectivity index (χ0n) is 9.32. The van der Waals surface area contributed by atoms with E-state index in [9.17, 15) is 57.1 Å². The summed E-state index contributed by atoms with van der Waals surface area (Å²) >= 11 is 0. The molecule has 1 unspecified atom stereocenters. The zero-order valence-corrected chi connectivity index (χ0v) is 9.32. The third-order valence-electron chi connectivity index (χ3n) is 2.27. The van der Waals surface area contributed by atoms with Gasteiger partial charge >= 0.3 is 36.0 Å². The number of hydrogen-bond acceptors (Lipinski definition) is 1. The first-order valence-corrected chi connectivity index (χ1v) is 4.32. The van der Waals surface area contributed by atoms with Gasteiger partial charge in [-0.15, -0.1) is 0 Å². The van der Waals surface area contributed by atoms with Crippen LogP contribution >= 0.6 is 0 Å². The topological polar surface area (TPSA) is 9.23 Å². The molecule has 0 aromatic carbocycles. The van der Waals surface area contributed by atoms with E-state index >= 15 is 0 Å². The van der Waals surface area contributed by atoms with Crippen molar-refractivity contribution in [2.24, 2.45) is 0 Å². The van der Waals surface area contributed by atoms with Crippen molar-refractivity contribution in [3.05, 3.63) is 0 Å². The van der Waals surface area contributed by atoms with Crippen LogP contribution in [0, 0.1) is 0 Å². The highest BCUT2D eigenvalue weighted by Gasteiger charge is 2.93. The van der Waals surface area contributed by atoms with E-state index in [1.807, 2.05) is 0 Å².